The van der Waals surface area contributed by atoms with Gasteiger partial charge in [0, 0.05) is 0 Å². The van der Waals surface area contributed by atoms with Gasteiger partial charge in [-0.05, 0) is 50.3 Å². The van der Waals surface area contributed by atoms with Crippen molar-refractivity contribution in [2.75, 3.05) is 5.01 Å². The van der Waals surface area contributed by atoms with Gasteiger partial charge in [0.15, 0.2) is 5.71 Å². The fourth-order valence-corrected chi connectivity index (χ4v) is 3.67. The lowest BCUT2D eigenvalue weighted by Gasteiger charge is -2.11. The summed E-state index contributed by atoms with van der Waals surface area (Å²) >= 11 is 0. The van der Waals surface area contributed by atoms with Crippen LogP contribution in [0, 0.1) is 13.8 Å². The van der Waals surface area contributed by atoms with Crippen molar-refractivity contribution in [3.05, 3.63) is 111 Å². The molecule has 3 aromatic rings. The number of rotatable bonds is 8. The van der Waals surface area contributed by atoms with Crippen molar-refractivity contribution in [2.24, 2.45) is 5.10 Å². The fourth-order valence-electron chi connectivity index (χ4n) is 3.67. The summed E-state index contributed by atoms with van der Waals surface area (Å²) in [5.41, 5.74) is 2.94. The van der Waals surface area contributed by atoms with E-state index in [1.807, 2.05) is 26.0 Å². The van der Waals surface area contributed by atoms with E-state index in [1.165, 1.54) is 22.9 Å². The van der Waals surface area contributed by atoms with Gasteiger partial charge >= 0.3 is 5.97 Å². The van der Waals surface area contributed by atoms with Gasteiger partial charge in [-0.1, -0.05) is 53.6 Å². The Hall–Kier alpha value is -4.80. The lowest BCUT2D eigenvalue weighted by molar-refractivity contribution is -0.253. The smallest absolute Gasteiger partial charge is 0.357 e. The topological polar surface area (TPSA) is 137 Å². The molecule has 0 bridgehead atoms. The highest BCUT2D eigenvalue weighted by atomic mass is 17.1. The summed E-state index contributed by atoms with van der Waals surface area (Å²) in [6.45, 7) is 3.60. The number of carbonyl (C=O) groups excluding carboxylic acids is 1. The number of aryl methyl sites for hydroxylation is 2. The number of hydrogen-bond acceptors (Lipinski definition) is 6. The van der Waals surface area contributed by atoms with Crippen molar-refractivity contribution in [1.29, 1.82) is 0 Å². The van der Waals surface area contributed by atoms with Gasteiger partial charge in [-0.3, -0.25) is 19.9 Å². The molecule has 188 valence electrons. The highest BCUT2D eigenvalue weighted by Gasteiger charge is 2.34. The number of aromatic amines is 1. The van der Waals surface area contributed by atoms with E-state index in [1.54, 1.807) is 48.6 Å². The molecule has 1 aliphatic heterocycles. The second-order valence-electron chi connectivity index (χ2n) is 8.28. The van der Waals surface area contributed by atoms with Crippen LogP contribution < -0.4 is 10.6 Å². The van der Waals surface area contributed by atoms with E-state index in [-0.39, 0.29) is 29.0 Å². The summed E-state index contributed by atoms with van der Waals surface area (Å²) in [5, 5.41) is 26.4. The van der Waals surface area contributed by atoms with E-state index in [0.29, 0.717) is 17.1 Å². The fraction of sp³-hybridized carbons (Fsp3) is 0.111. The Labute approximate surface area is 211 Å². The summed E-state index contributed by atoms with van der Waals surface area (Å²) in [6, 6.07) is 14.3. The third-order valence-corrected chi connectivity index (χ3v) is 5.61. The van der Waals surface area contributed by atoms with Crippen LogP contribution in [0.15, 0.2) is 88.3 Å². The molecule has 0 spiro atoms. The Morgan fingerprint density at radius 1 is 0.973 bits per heavy atom. The highest BCUT2D eigenvalue weighted by Crippen LogP contribution is 2.24. The molecule has 0 atom stereocenters. The number of aromatic nitrogens is 2. The zero-order valence-electron chi connectivity index (χ0n) is 20.1. The molecule has 3 N–H and O–H groups in total. The standard InChI is InChI=1S/C27H24N4O6/c1-17-8-12-19(13-9-17)30-25(32)21(23(28-30)16-37-36)6-4-3-5-7-22-24(27(34)35)29-31(26(22)33)20-14-10-18(2)11-15-20/h3-15,28,36H,16H2,1-2H3,(H,34,35)/b5-3+,6-4+,22-7+. The molecule has 2 heterocycles. The molecule has 10 heteroatoms. The van der Waals surface area contributed by atoms with Gasteiger partial charge in [0.2, 0.25) is 0 Å². The lowest BCUT2D eigenvalue weighted by Crippen LogP contribution is -2.22. The predicted molar refractivity (Wildman–Crippen MR) is 139 cm³/mol. The third-order valence-electron chi connectivity index (χ3n) is 5.61. The first-order chi connectivity index (χ1) is 17.8. The molecule has 0 saturated carbocycles. The largest absolute Gasteiger partial charge is 0.476 e. The Morgan fingerprint density at radius 2 is 1.59 bits per heavy atom. The van der Waals surface area contributed by atoms with Crippen LogP contribution in [-0.4, -0.2) is 37.7 Å². The van der Waals surface area contributed by atoms with E-state index in [0.717, 1.165) is 16.1 Å². The number of hydrazone groups is 1. The Morgan fingerprint density at radius 3 is 2.19 bits per heavy atom. The average Bonchev–Trinajstić information content (AvgIpc) is 3.37. The van der Waals surface area contributed by atoms with E-state index < -0.39 is 11.9 Å². The number of aliphatic carboxylic acids is 1. The van der Waals surface area contributed by atoms with Gasteiger partial charge in [0.1, 0.15) is 6.61 Å². The number of amides is 1. The van der Waals surface area contributed by atoms with Gasteiger partial charge in [-0.2, -0.15) is 10.1 Å². The molecule has 1 aromatic heterocycles. The van der Waals surface area contributed by atoms with Crippen LogP contribution in [0.5, 0.6) is 0 Å². The number of nitrogens with zero attached hydrogens (tertiary/aromatic N) is 3. The normalized spacial score (nSPS) is 14.9. The Kier molecular flexibility index (Phi) is 7.42. The first-order valence-electron chi connectivity index (χ1n) is 11.3. The molecule has 1 aliphatic rings. The molecule has 2 aromatic carbocycles. The Bertz CT molecular complexity index is 1510. The van der Waals surface area contributed by atoms with Crippen LogP contribution in [0.4, 0.5) is 5.69 Å². The van der Waals surface area contributed by atoms with Crippen LogP contribution in [0.2, 0.25) is 0 Å². The summed E-state index contributed by atoms with van der Waals surface area (Å²) in [6.07, 6.45) is 7.45. The van der Waals surface area contributed by atoms with Crippen molar-refractivity contribution in [3.8, 4) is 5.69 Å². The minimum Gasteiger partial charge on any atom is -0.476 e. The molecule has 0 unspecified atom stereocenters. The zero-order chi connectivity index (χ0) is 26.5. The van der Waals surface area contributed by atoms with Crippen LogP contribution in [-0.2, 0) is 21.1 Å². The van der Waals surface area contributed by atoms with Gasteiger partial charge < -0.3 is 5.11 Å². The number of H-pyrrole nitrogens is 1. The van der Waals surface area contributed by atoms with Crippen LogP contribution in [0.3, 0.4) is 0 Å². The second kappa shape index (κ2) is 10.9. The van der Waals surface area contributed by atoms with E-state index in [4.69, 9.17) is 5.26 Å². The molecule has 1 amide bonds. The number of anilines is 1. The molecule has 0 saturated heterocycles. The van der Waals surface area contributed by atoms with Crippen LogP contribution in [0.1, 0.15) is 22.4 Å². The Balaban J connectivity index is 1.57. The quantitative estimate of drug-likeness (QED) is 0.186. The SMILES string of the molecule is Cc1ccc(N2N=C(C(=O)O)\C(=C/C=C/C=C/c3c(COO)[nH]n(-c4ccc(C)cc4)c3=O)C2=O)cc1. The van der Waals surface area contributed by atoms with Crippen LogP contribution >= 0.6 is 0 Å². The molecule has 0 radical (unpaired) electrons. The van der Waals surface area contributed by atoms with E-state index >= 15 is 0 Å². The molecule has 0 fully saturated rings. The van der Waals surface area contributed by atoms with Crippen molar-refractivity contribution >= 4 is 29.4 Å². The molecule has 10 nitrogen and oxygen atoms in total. The van der Waals surface area contributed by atoms with Crippen molar-refractivity contribution in [2.45, 2.75) is 20.5 Å². The molecular formula is C27H24N4O6. The van der Waals surface area contributed by atoms with Gasteiger partial charge in [0.05, 0.1) is 28.2 Å². The molecule has 4 rings (SSSR count). The maximum atomic E-state index is 13.0. The highest BCUT2D eigenvalue weighted by molar-refractivity contribution is 6.52. The lowest BCUT2D eigenvalue weighted by atomic mass is 10.1. The number of hydrogen-bond donors (Lipinski definition) is 3. The maximum Gasteiger partial charge on any atom is 0.357 e. The summed E-state index contributed by atoms with van der Waals surface area (Å²) < 4.78 is 1.34. The summed E-state index contributed by atoms with van der Waals surface area (Å²) in [7, 11) is 0. The van der Waals surface area contributed by atoms with Gasteiger partial charge in [-0.15, -0.1) is 0 Å². The molecule has 37 heavy (non-hydrogen) atoms. The monoisotopic (exact) mass is 500 g/mol. The third kappa shape index (κ3) is 5.40. The maximum absolute atomic E-state index is 13.0. The first-order valence-corrected chi connectivity index (χ1v) is 11.3. The average molecular weight is 501 g/mol. The van der Waals surface area contributed by atoms with Gasteiger partial charge in [0.25, 0.3) is 11.5 Å². The van der Waals surface area contributed by atoms with E-state index in [2.05, 4.69) is 15.1 Å². The first kappa shape index (κ1) is 25.3. The summed E-state index contributed by atoms with van der Waals surface area (Å²) in [4.78, 5) is 41.7. The number of carbonyl (C=O) groups is 2. The molecule has 0 aliphatic carbocycles. The van der Waals surface area contributed by atoms with Crippen molar-refractivity contribution in [1.82, 2.24) is 9.78 Å². The summed E-state index contributed by atoms with van der Waals surface area (Å²) in [5.74, 6) is -1.89. The minimum atomic E-state index is -1.32. The number of nitrogens with one attached hydrogen (secondary N) is 1. The van der Waals surface area contributed by atoms with E-state index in [9.17, 15) is 19.5 Å². The second-order valence-corrected chi connectivity index (χ2v) is 8.28. The minimum absolute atomic E-state index is 0.0736. The number of carboxylic acid groups (broad SMARTS) is 1. The molecular weight excluding hydrogens is 476 g/mol. The number of carboxylic acids is 1. The van der Waals surface area contributed by atoms with Gasteiger partial charge in [-0.25, -0.2) is 14.4 Å². The predicted octanol–water partition coefficient (Wildman–Crippen LogP) is 3.76. The van der Waals surface area contributed by atoms with Crippen LogP contribution in [0.25, 0.3) is 11.8 Å². The van der Waals surface area contributed by atoms with Crippen molar-refractivity contribution in [3.63, 3.8) is 0 Å². The number of allylic oxidation sites excluding steroid dienone is 4. The van der Waals surface area contributed by atoms with Crippen molar-refractivity contribution < 1.29 is 24.8 Å². The zero-order valence-corrected chi connectivity index (χ0v) is 20.1. The number of benzene rings is 2.